The molecule has 1 saturated carbocycles. The van der Waals surface area contributed by atoms with Gasteiger partial charge in [0.15, 0.2) is 0 Å². The number of alkyl halides is 2. The minimum atomic E-state index is -3.69. The molecule has 12 heteroatoms. The monoisotopic (exact) mass is 532 g/mol. The molecule has 2 atom stereocenters. The molecule has 0 spiro atoms. The molecule has 3 aliphatic rings. The number of halogens is 3. The predicted octanol–water partition coefficient (Wildman–Crippen LogP) is 3.03. The fourth-order valence-corrected chi connectivity index (χ4v) is 6.16. The summed E-state index contributed by atoms with van der Waals surface area (Å²) in [4.78, 5) is 15.4. The van der Waals surface area contributed by atoms with Crippen LogP contribution in [0.15, 0.2) is 24.3 Å². The van der Waals surface area contributed by atoms with E-state index in [1.165, 1.54) is 25.1 Å². The molecule has 0 radical (unpaired) electrons. The number of nitrogens with zero attached hydrogens (tertiary/aromatic N) is 3. The number of hydrogen-bond acceptors (Lipinski definition) is 4. The molecule has 1 N–H and O–H groups in total. The average molecular weight is 533 g/mol. The van der Waals surface area contributed by atoms with Gasteiger partial charge in [0.25, 0.3) is 16.1 Å². The first-order valence-electron chi connectivity index (χ1n) is 12.4. The van der Waals surface area contributed by atoms with Gasteiger partial charge in [0, 0.05) is 39.1 Å². The van der Waals surface area contributed by atoms with Gasteiger partial charge >= 0.3 is 6.03 Å². The third-order valence-corrected chi connectivity index (χ3v) is 9.00. The van der Waals surface area contributed by atoms with Gasteiger partial charge < -0.3 is 14.5 Å². The van der Waals surface area contributed by atoms with Crippen LogP contribution in [0.2, 0.25) is 0 Å². The van der Waals surface area contributed by atoms with Crippen molar-refractivity contribution in [3.8, 4) is 0 Å². The van der Waals surface area contributed by atoms with Gasteiger partial charge in [0.05, 0.1) is 25.8 Å². The lowest BCUT2D eigenvalue weighted by atomic mass is 9.82. The quantitative estimate of drug-likeness (QED) is 0.586. The molecule has 3 fully saturated rings. The third kappa shape index (κ3) is 6.51. The van der Waals surface area contributed by atoms with Crippen LogP contribution in [0, 0.1) is 11.7 Å². The Bertz CT molecular complexity index is 1030. The molecule has 2 saturated heterocycles. The van der Waals surface area contributed by atoms with Gasteiger partial charge in [-0.3, -0.25) is 0 Å². The van der Waals surface area contributed by atoms with Crippen molar-refractivity contribution in [2.75, 3.05) is 46.9 Å². The Morgan fingerprint density at radius 2 is 1.83 bits per heavy atom. The Morgan fingerprint density at radius 3 is 2.44 bits per heavy atom. The number of carbonyl (C=O) groups excluding carboxylic acids is 1. The number of hydrogen-bond donors (Lipinski definition) is 1. The van der Waals surface area contributed by atoms with Gasteiger partial charge in [0.1, 0.15) is 5.82 Å². The Balaban J connectivity index is 1.35. The van der Waals surface area contributed by atoms with Crippen molar-refractivity contribution in [2.45, 2.75) is 56.1 Å². The minimum absolute atomic E-state index is 0.0129. The van der Waals surface area contributed by atoms with Crippen molar-refractivity contribution in [3.63, 3.8) is 0 Å². The Morgan fingerprint density at radius 1 is 1.14 bits per heavy atom. The Hall–Kier alpha value is -1.89. The number of amides is 2. The van der Waals surface area contributed by atoms with E-state index in [2.05, 4.69) is 4.72 Å². The first-order chi connectivity index (χ1) is 16.9. The summed E-state index contributed by atoms with van der Waals surface area (Å²) in [5.74, 6) is -3.13. The summed E-state index contributed by atoms with van der Waals surface area (Å²) in [6.45, 7) is -0.434. The number of benzene rings is 1. The van der Waals surface area contributed by atoms with E-state index in [-0.39, 0.29) is 43.5 Å². The SMILES string of the molecule is CN(C)S(=O)(=O)NC1CCN(C(=O)N2CC(F)(F)C2)CC1CO[C@H]1CC[C@@H](c2cccc(F)c2)CC1. The fourth-order valence-electron chi connectivity index (χ4n) is 5.26. The highest BCUT2D eigenvalue weighted by Crippen LogP contribution is 2.35. The lowest BCUT2D eigenvalue weighted by Gasteiger charge is -2.45. The molecular weight excluding hydrogens is 497 g/mol. The first kappa shape index (κ1) is 27.2. The molecule has 2 heterocycles. The third-order valence-electron chi connectivity index (χ3n) is 7.44. The van der Waals surface area contributed by atoms with Gasteiger partial charge in [-0.15, -0.1) is 0 Å². The molecule has 4 rings (SSSR count). The second-order valence-electron chi connectivity index (χ2n) is 10.4. The van der Waals surface area contributed by atoms with Crippen LogP contribution in [0.25, 0.3) is 0 Å². The summed E-state index contributed by atoms with van der Waals surface area (Å²) in [6, 6.07) is 5.79. The zero-order valence-electron chi connectivity index (χ0n) is 20.7. The number of rotatable bonds is 7. The predicted molar refractivity (Wildman–Crippen MR) is 128 cm³/mol. The van der Waals surface area contributed by atoms with Crippen LogP contribution in [-0.4, -0.2) is 93.5 Å². The van der Waals surface area contributed by atoms with Crippen molar-refractivity contribution in [1.29, 1.82) is 0 Å². The topological polar surface area (TPSA) is 82.2 Å². The molecular formula is C24H35F3N4O4S. The summed E-state index contributed by atoms with van der Waals surface area (Å²) in [5, 5.41) is 0. The van der Waals surface area contributed by atoms with Gasteiger partial charge in [-0.05, 0) is 55.7 Å². The maximum Gasteiger partial charge on any atom is 0.320 e. The van der Waals surface area contributed by atoms with Gasteiger partial charge in [-0.2, -0.15) is 17.4 Å². The number of urea groups is 1. The Kier molecular flexibility index (Phi) is 8.18. The van der Waals surface area contributed by atoms with Crippen LogP contribution in [0.4, 0.5) is 18.0 Å². The highest BCUT2D eigenvalue weighted by molar-refractivity contribution is 7.87. The standard InChI is InChI=1S/C24H35F3N4O4S/c1-29(2)36(33,34)28-22-10-11-30(23(32)31-15-24(26,27)16-31)13-19(22)14-35-21-8-6-17(7-9-21)18-4-3-5-20(25)12-18/h3-5,12,17,19,21-22,28H,6-11,13-16H2,1-2H3/t17-,19?,21+,22?. The number of likely N-dealkylation sites (tertiary alicyclic amines) is 2. The van der Waals surface area contributed by atoms with Gasteiger partial charge in [-0.1, -0.05) is 12.1 Å². The number of nitrogens with one attached hydrogen (secondary N) is 1. The highest BCUT2D eigenvalue weighted by atomic mass is 32.2. The lowest BCUT2D eigenvalue weighted by Crippen LogP contribution is -2.64. The van der Waals surface area contributed by atoms with Crippen molar-refractivity contribution < 1.29 is 31.1 Å². The van der Waals surface area contributed by atoms with E-state index < -0.39 is 41.3 Å². The number of carbonyl (C=O) groups is 1. The molecule has 0 bridgehead atoms. The fraction of sp³-hybridized carbons (Fsp3) is 0.708. The van der Waals surface area contributed by atoms with E-state index >= 15 is 0 Å². The van der Waals surface area contributed by atoms with Crippen molar-refractivity contribution in [2.24, 2.45) is 5.92 Å². The Labute approximate surface area is 210 Å². The maximum absolute atomic E-state index is 13.6. The zero-order chi connectivity index (χ0) is 26.1. The molecule has 2 unspecified atom stereocenters. The smallest absolute Gasteiger partial charge is 0.320 e. The van der Waals surface area contributed by atoms with E-state index in [1.54, 1.807) is 12.1 Å². The summed E-state index contributed by atoms with van der Waals surface area (Å²) in [7, 11) is -0.818. The summed E-state index contributed by atoms with van der Waals surface area (Å²) in [6.07, 6.45) is 3.68. The van der Waals surface area contributed by atoms with E-state index in [1.807, 2.05) is 6.07 Å². The molecule has 202 valence electrons. The van der Waals surface area contributed by atoms with Gasteiger partial charge in [0.2, 0.25) is 0 Å². The molecule has 1 aliphatic carbocycles. The van der Waals surface area contributed by atoms with Crippen LogP contribution in [0.1, 0.15) is 43.6 Å². The van der Waals surface area contributed by atoms with Crippen molar-refractivity contribution in [1.82, 2.24) is 18.8 Å². The van der Waals surface area contributed by atoms with Crippen LogP contribution in [0.5, 0.6) is 0 Å². The van der Waals surface area contributed by atoms with E-state index in [4.69, 9.17) is 4.74 Å². The molecule has 2 amide bonds. The number of ether oxygens (including phenoxy) is 1. The normalized spacial score (nSPS) is 28.7. The number of piperidine rings is 1. The van der Waals surface area contributed by atoms with Crippen molar-refractivity contribution >= 4 is 16.2 Å². The zero-order valence-corrected chi connectivity index (χ0v) is 21.5. The maximum atomic E-state index is 13.6. The molecule has 1 aromatic rings. The van der Waals surface area contributed by atoms with E-state index in [0.717, 1.165) is 40.5 Å². The second kappa shape index (κ2) is 10.8. The molecule has 36 heavy (non-hydrogen) atoms. The molecule has 2 aliphatic heterocycles. The van der Waals surface area contributed by atoms with Crippen LogP contribution >= 0.6 is 0 Å². The second-order valence-corrected chi connectivity index (χ2v) is 12.3. The van der Waals surface area contributed by atoms with Crippen LogP contribution in [0.3, 0.4) is 0 Å². The summed E-state index contributed by atoms with van der Waals surface area (Å²) in [5.41, 5.74) is 0.990. The summed E-state index contributed by atoms with van der Waals surface area (Å²) < 4.78 is 75.1. The summed E-state index contributed by atoms with van der Waals surface area (Å²) >= 11 is 0. The molecule has 8 nitrogen and oxygen atoms in total. The minimum Gasteiger partial charge on any atom is -0.378 e. The van der Waals surface area contributed by atoms with E-state index in [0.29, 0.717) is 6.42 Å². The van der Waals surface area contributed by atoms with Crippen LogP contribution in [-0.2, 0) is 14.9 Å². The molecule has 1 aromatic carbocycles. The largest absolute Gasteiger partial charge is 0.378 e. The van der Waals surface area contributed by atoms with Gasteiger partial charge in [-0.25, -0.2) is 18.0 Å². The highest BCUT2D eigenvalue weighted by Gasteiger charge is 2.48. The lowest BCUT2D eigenvalue weighted by molar-refractivity contribution is -0.115. The average Bonchev–Trinajstić information content (AvgIpc) is 2.81. The first-order valence-corrected chi connectivity index (χ1v) is 13.9. The van der Waals surface area contributed by atoms with E-state index in [9.17, 15) is 26.4 Å². The van der Waals surface area contributed by atoms with Crippen molar-refractivity contribution in [3.05, 3.63) is 35.6 Å². The van der Waals surface area contributed by atoms with Crippen LogP contribution < -0.4 is 4.72 Å². The molecule has 0 aromatic heterocycles.